The second-order valence-corrected chi connectivity index (χ2v) is 11.5. The number of hydrogen-bond acceptors (Lipinski definition) is 8. The molecule has 0 radical (unpaired) electrons. The van der Waals surface area contributed by atoms with Crippen LogP contribution >= 0.6 is 0 Å². The number of hydrogen-bond donors (Lipinski definition) is 4. The van der Waals surface area contributed by atoms with E-state index in [1.54, 1.807) is 28.7 Å². The minimum absolute atomic E-state index is 0.0448. The molecule has 1 atom stereocenters. The maximum Gasteiger partial charge on any atom is 0.326 e. The molecule has 3 aromatic rings. The van der Waals surface area contributed by atoms with Gasteiger partial charge >= 0.3 is 5.97 Å². The molecule has 42 heavy (non-hydrogen) atoms. The fourth-order valence-electron chi connectivity index (χ4n) is 4.28. The van der Waals surface area contributed by atoms with Crippen molar-refractivity contribution in [3.05, 3.63) is 69.0 Å². The molecule has 0 fully saturated rings. The Morgan fingerprint density at radius 3 is 2.55 bits per heavy atom. The standard InChI is InChI=1S/C28H30FN5O7S/c1-5-11-34(15-18-13-21-24(12-16(18)2)30-17(3)31-27(21)37)19-9-10-20(22(29)14-19)26(36)32-23(28(38)39)7-6-8-25(35)33-42(4,40)41/h1,9-10,12-14,23H,6-8,11,15H2,2-4H3,(H,32,36)(H,33,35)(H,38,39)(H,30,31,37)/t23-/m0/s1. The molecule has 2 aromatic carbocycles. The summed E-state index contributed by atoms with van der Waals surface area (Å²) in [6, 6.07) is 5.81. The van der Waals surface area contributed by atoms with Gasteiger partial charge in [-0.05, 0) is 68.1 Å². The molecule has 2 amide bonds. The number of anilines is 1. The first kappa shape index (κ1) is 31.8. The third-order valence-corrected chi connectivity index (χ3v) is 6.89. The van der Waals surface area contributed by atoms with Gasteiger partial charge in [0.25, 0.3) is 11.5 Å². The molecular weight excluding hydrogens is 569 g/mol. The number of aryl methyl sites for hydroxylation is 2. The Morgan fingerprint density at radius 1 is 1.21 bits per heavy atom. The number of amides is 2. The highest BCUT2D eigenvalue weighted by molar-refractivity contribution is 7.89. The zero-order chi connectivity index (χ0) is 31.2. The normalized spacial score (nSPS) is 11.9. The molecule has 0 spiro atoms. The van der Waals surface area contributed by atoms with E-state index in [0.717, 1.165) is 23.4 Å². The summed E-state index contributed by atoms with van der Waals surface area (Å²) in [4.78, 5) is 57.1. The van der Waals surface area contributed by atoms with Crippen LogP contribution in [0.5, 0.6) is 0 Å². The summed E-state index contributed by atoms with van der Waals surface area (Å²) in [6.07, 6.45) is 5.83. The van der Waals surface area contributed by atoms with Gasteiger partial charge in [0, 0.05) is 18.7 Å². The molecule has 14 heteroatoms. The van der Waals surface area contributed by atoms with Crippen LogP contribution in [-0.2, 0) is 26.2 Å². The summed E-state index contributed by atoms with van der Waals surface area (Å²) in [7, 11) is -3.75. The van der Waals surface area contributed by atoms with Gasteiger partial charge in [-0.25, -0.2) is 22.6 Å². The highest BCUT2D eigenvalue weighted by Crippen LogP contribution is 2.24. The van der Waals surface area contributed by atoms with Crippen LogP contribution in [0.3, 0.4) is 0 Å². The number of benzene rings is 2. The van der Waals surface area contributed by atoms with Crippen LogP contribution in [0.15, 0.2) is 35.1 Å². The van der Waals surface area contributed by atoms with E-state index in [0.29, 0.717) is 22.4 Å². The zero-order valence-corrected chi connectivity index (χ0v) is 24.0. The van der Waals surface area contributed by atoms with Crippen LogP contribution in [0, 0.1) is 32.0 Å². The number of halogens is 1. The van der Waals surface area contributed by atoms with Crippen molar-refractivity contribution in [2.24, 2.45) is 0 Å². The number of aromatic amines is 1. The minimum atomic E-state index is -3.75. The Hall–Kier alpha value is -4.77. The number of nitrogens with one attached hydrogen (secondary N) is 3. The van der Waals surface area contributed by atoms with Gasteiger partial charge in [0.05, 0.1) is 29.3 Å². The lowest BCUT2D eigenvalue weighted by Crippen LogP contribution is -2.41. The minimum Gasteiger partial charge on any atom is -0.480 e. The molecular formula is C28H30FN5O7S. The van der Waals surface area contributed by atoms with Gasteiger partial charge in [-0.2, -0.15) is 0 Å². The number of nitrogens with zero attached hydrogens (tertiary/aromatic N) is 2. The fraction of sp³-hybridized carbons (Fsp3) is 0.321. The van der Waals surface area contributed by atoms with Crippen LogP contribution < -0.4 is 20.5 Å². The number of terminal acetylenes is 1. The molecule has 0 unspecified atom stereocenters. The second kappa shape index (κ2) is 13.3. The van der Waals surface area contributed by atoms with E-state index in [2.05, 4.69) is 21.2 Å². The Labute approximate surface area is 241 Å². The summed E-state index contributed by atoms with van der Waals surface area (Å²) in [5, 5.41) is 12.1. The molecule has 12 nitrogen and oxygen atoms in total. The fourth-order valence-corrected chi connectivity index (χ4v) is 4.80. The van der Waals surface area contributed by atoms with E-state index in [1.807, 2.05) is 6.92 Å². The highest BCUT2D eigenvalue weighted by Gasteiger charge is 2.23. The van der Waals surface area contributed by atoms with Gasteiger partial charge in [-0.15, -0.1) is 6.42 Å². The summed E-state index contributed by atoms with van der Waals surface area (Å²) in [5.74, 6) is -1.12. The van der Waals surface area contributed by atoms with Crippen molar-refractivity contribution in [1.82, 2.24) is 20.0 Å². The average Bonchev–Trinajstić information content (AvgIpc) is 2.87. The molecule has 1 heterocycles. The van der Waals surface area contributed by atoms with Crippen molar-refractivity contribution in [1.29, 1.82) is 0 Å². The number of carboxylic acid groups (broad SMARTS) is 1. The van der Waals surface area contributed by atoms with Crippen molar-refractivity contribution in [2.75, 3.05) is 17.7 Å². The van der Waals surface area contributed by atoms with Crippen LogP contribution in [0.25, 0.3) is 10.9 Å². The van der Waals surface area contributed by atoms with E-state index in [-0.39, 0.29) is 37.9 Å². The topological polar surface area (TPSA) is 179 Å². The van der Waals surface area contributed by atoms with E-state index in [9.17, 15) is 32.7 Å². The van der Waals surface area contributed by atoms with E-state index >= 15 is 4.39 Å². The van der Waals surface area contributed by atoms with E-state index < -0.39 is 45.2 Å². The van der Waals surface area contributed by atoms with Gasteiger partial charge in [-0.3, -0.25) is 19.1 Å². The molecule has 222 valence electrons. The van der Waals surface area contributed by atoms with Crippen molar-refractivity contribution in [2.45, 2.75) is 45.7 Å². The van der Waals surface area contributed by atoms with Crippen molar-refractivity contribution in [3.63, 3.8) is 0 Å². The average molecular weight is 600 g/mol. The number of sulfonamides is 1. The number of aromatic nitrogens is 2. The van der Waals surface area contributed by atoms with Crippen LogP contribution in [0.1, 0.15) is 46.6 Å². The third kappa shape index (κ3) is 8.37. The summed E-state index contributed by atoms with van der Waals surface area (Å²) in [5.41, 5.74) is 1.79. The predicted molar refractivity (Wildman–Crippen MR) is 154 cm³/mol. The van der Waals surface area contributed by atoms with E-state index in [4.69, 9.17) is 6.42 Å². The molecule has 1 aromatic heterocycles. The quantitative estimate of drug-likeness (QED) is 0.226. The van der Waals surface area contributed by atoms with Crippen LogP contribution in [-0.4, -0.2) is 60.1 Å². The first-order valence-corrected chi connectivity index (χ1v) is 14.6. The predicted octanol–water partition coefficient (Wildman–Crippen LogP) is 1.75. The van der Waals surface area contributed by atoms with Gasteiger partial charge in [0.1, 0.15) is 17.7 Å². The molecule has 4 N–H and O–H groups in total. The first-order chi connectivity index (χ1) is 19.7. The number of rotatable bonds is 12. The lowest BCUT2D eigenvalue weighted by atomic mass is 10.0. The Morgan fingerprint density at radius 2 is 1.93 bits per heavy atom. The number of H-pyrrole nitrogens is 1. The molecule has 0 bridgehead atoms. The summed E-state index contributed by atoms with van der Waals surface area (Å²) < 4.78 is 39.1. The lowest BCUT2D eigenvalue weighted by Gasteiger charge is -2.24. The molecule has 0 saturated carbocycles. The van der Waals surface area contributed by atoms with Crippen molar-refractivity contribution < 1.29 is 32.3 Å². The highest BCUT2D eigenvalue weighted by atomic mass is 32.2. The summed E-state index contributed by atoms with van der Waals surface area (Å²) >= 11 is 0. The SMILES string of the molecule is C#CCN(Cc1cc2c(=O)[nH]c(C)nc2cc1C)c1ccc(C(=O)N[C@@H](CCCC(=O)NS(C)(=O)=O)C(=O)O)c(F)c1. The van der Waals surface area contributed by atoms with Gasteiger partial charge < -0.3 is 20.3 Å². The largest absolute Gasteiger partial charge is 0.480 e. The third-order valence-electron chi connectivity index (χ3n) is 6.29. The van der Waals surface area contributed by atoms with E-state index in [1.165, 1.54) is 12.1 Å². The summed E-state index contributed by atoms with van der Waals surface area (Å²) in [6.45, 7) is 3.84. The first-order valence-electron chi connectivity index (χ1n) is 12.7. The number of fused-ring (bicyclic) bond motifs is 1. The molecule has 3 rings (SSSR count). The van der Waals surface area contributed by atoms with Crippen molar-refractivity contribution >= 4 is 44.4 Å². The number of carboxylic acids is 1. The maximum absolute atomic E-state index is 15.1. The lowest BCUT2D eigenvalue weighted by molar-refractivity contribution is -0.139. The Bertz CT molecular complexity index is 1750. The number of aliphatic carboxylic acids is 1. The zero-order valence-electron chi connectivity index (χ0n) is 23.2. The molecule has 0 aliphatic rings. The molecule has 0 aliphatic carbocycles. The van der Waals surface area contributed by atoms with Crippen LogP contribution in [0.2, 0.25) is 0 Å². The number of carbonyl (C=O) groups is 3. The number of carbonyl (C=O) groups excluding carboxylic acids is 2. The van der Waals surface area contributed by atoms with Gasteiger partial charge in [0.15, 0.2) is 0 Å². The molecule has 0 saturated heterocycles. The maximum atomic E-state index is 15.1. The second-order valence-electron chi connectivity index (χ2n) is 9.73. The Kier molecular flexibility index (Phi) is 10.0. The smallest absolute Gasteiger partial charge is 0.326 e. The Balaban J connectivity index is 1.76. The van der Waals surface area contributed by atoms with Crippen LogP contribution in [0.4, 0.5) is 10.1 Å². The molecule has 0 aliphatic heterocycles. The van der Waals surface area contributed by atoms with Crippen molar-refractivity contribution in [3.8, 4) is 12.3 Å². The monoisotopic (exact) mass is 599 g/mol. The van der Waals surface area contributed by atoms with Gasteiger partial charge in [-0.1, -0.05) is 5.92 Å². The van der Waals surface area contributed by atoms with Gasteiger partial charge in [0.2, 0.25) is 15.9 Å².